The Bertz CT molecular complexity index is 824. The maximum atomic E-state index is 12.4. The molecule has 0 saturated carbocycles. The van der Waals surface area contributed by atoms with E-state index in [0.717, 1.165) is 22.4 Å². The van der Waals surface area contributed by atoms with Crippen LogP contribution in [0.25, 0.3) is 0 Å². The van der Waals surface area contributed by atoms with Crippen molar-refractivity contribution in [1.82, 2.24) is 4.98 Å². The maximum Gasteiger partial charge on any atom is 0.257 e. The summed E-state index contributed by atoms with van der Waals surface area (Å²) in [5.41, 5.74) is 4.06. The second kappa shape index (κ2) is 6.75. The second-order valence-corrected chi connectivity index (χ2v) is 6.68. The summed E-state index contributed by atoms with van der Waals surface area (Å²) >= 11 is 1.52. The summed E-state index contributed by atoms with van der Waals surface area (Å²) in [7, 11) is 0. The van der Waals surface area contributed by atoms with E-state index in [1.807, 2.05) is 56.4 Å². The molecule has 1 N–H and O–H groups in total. The van der Waals surface area contributed by atoms with Gasteiger partial charge in [-0.25, -0.2) is 4.98 Å². The van der Waals surface area contributed by atoms with Gasteiger partial charge in [-0.15, -0.1) is 11.3 Å². The van der Waals surface area contributed by atoms with Crippen molar-refractivity contribution in [2.24, 2.45) is 0 Å². The van der Waals surface area contributed by atoms with E-state index in [1.165, 1.54) is 16.9 Å². The Kier molecular flexibility index (Phi) is 4.53. The lowest BCUT2D eigenvalue weighted by atomic mass is 10.1. The predicted octanol–water partition coefficient (Wildman–Crippen LogP) is 4.60. The molecule has 23 heavy (non-hydrogen) atoms. The van der Waals surface area contributed by atoms with Gasteiger partial charge in [-0.1, -0.05) is 48.0 Å². The van der Waals surface area contributed by atoms with Crippen LogP contribution >= 0.6 is 11.3 Å². The molecule has 0 fully saturated rings. The van der Waals surface area contributed by atoms with Crippen molar-refractivity contribution in [3.63, 3.8) is 0 Å². The number of aromatic nitrogens is 1. The Morgan fingerprint density at radius 1 is 1.13 bits per heavy atom. The van der Waals surface area contributed by atoms with Crippen LogP contribution in [0, 0.1) is 13.8 Å². The summed E-state index contributed by atoms with van der Waals surface area (Å²) < 4.78 is 0. The minimum atomic E-state index is -0.108. The molecule has 0 radical (unpaired) electrons. The normalized spacial score (nSPS) is 10.5. The molecule has 4 heteroatoms. The lowest BCUT2D eigenvalue weighted by Gasteiger charge is -2.06. The quantitative estimate of drug-likeness (QED) is 0.762. The van der Waals surface area contributed by atoms with Gasteiger partial charge in [-0.05, 0) is 31.0 Å². The zero-order chi connectivity index (χ0) is 16.2. The van der Waals surface area contributed by atoms with Crippen LogP contribution in [-0.4, -0.2) is 10.9 Å². The van der Waals surface area contributed by atoms with Gasteiger partial charge in [-0.2, -0.15) is 0 Å². The van der Waals surface area contributed by atoms with Crippen LogP contribution in [0.1, 0.15) is 31.9 Å². The standard InChI is InChI=1S/C19H18N2OS/c1-13-8-9-17(14(2)10-13)18(22)21-19-20-12-16(23-19)11-15-6-4-3-5-7-15/h3-10,12H,11H2,1-2H3,(H,20,21,22). The molecule has 0 aliphatic carbocycles. The van der Waals surface area contributed by atoms with Crippen LogP contribution in [0.15, 0.2) is 54.7 Å². The Morgan fingerprint density at radius 3 is 2.65 bits per heavy atom. The molecule has 1 aromatic heterocycles. The zero-order valence-electron chi connectivity index (χ0n) is 13.2. The lowest BCUT2D eigenvalue weighted by Crippen LogP contribution is -2.13. The number of benzene rings is 2. The van der Waals surface area contributed by atoms with Crippen molar-refractivity contribution in [3.8, 4) is 0 Å². The molecule has 0 atom stereocenters. The number of hydrogen-bond donors (Lipinski definition) is 1. The fourth-order valence-electron chi connectivity index (χ4n) is 2.48. The molecule has 3 nitrogen and oxygen atoms in total. The SMILES string of the molecule is Cc1ccc(C(=O)Nc2ncc(Cc3ccccc3)s2)c(C)c1. The van der Waals surface area contributed by atoms with Crippen LogP contribution in [-0.2, 0) is 6.42 Å². The van der Waals surface area contributed by atoms with Crippen molar-refractivity contribution in [2.75, 3.05) is 5.32 Å². The highest BCUT2D eigenvalue weighted by Crippen LogP contribution is 2.22. The van der Waals surface area contributed by atoms with Crippen LogP contribution in [0.5, 0.6) is 0 Å². The summed E-state index contributed by atoms with van der Waals surface area (Å²) in [6.07, 6.45) is 2.66. The van der Waals surface area contributed by atoms with E-state index in [9.17, 15) is 4.79 Å². The first-order valence-corrected chi connectivity index (χ1v) is 8.31. The maximum absolute atomic E-state index is 12.4. The minimum absolute atomic E-state index is 0.108. The largest absolute Gasteiger partial charge is 0.298 e. The van der Waals surface area contributed by atoms with Crippen LogP contribution in [0.2, 0.25) is 0 Å². The van der Waals surface area contributed by atoms with Gasteiger partial charge >= 0.3 is 0 Å². The molecule has 0 spiro atoms. The first-order chi connectivity index (χ1) is 11.1. The topological polar surface area (TPSA) is 42.0 Å². The fraction of sp³-hybridized carbons (Fsp3) is 0.158. The molecule has 0 saturated heterocycles. The molecule has 2 aromatic carbocycles. The lowest BCUT2D eigenvalue weighted by molar-refractivity contribution is 0.102. The molecule has 0 bridgehead atoms. The average molecular weight is 322 g/mol. The highest BCUT2D eigenvalue weighted by atomic mass is 32.1. The molecule has 3 rings (SSSR count). The van der Waals surface area contributed by atoms with Gasteiger partial charge in [0.25, 0.3) is 5.91 Å². The monoisotopic (exact) mass is 322 g/mol. The Morgan fingerprint density at radius 2 is 1.91 bits per heavy atom. The molecule has 0 aliphatic rings. The first-order valence-electron chi connectivity index (χ1n) is 7.49. The third kappa shape index (κ3) is 3.85. The predicted molar refractivity (Wildman–Crippen MR) is 95.2 cm³/mol. The number of aryl methyl sites for hydroxylation is 2. The highest BCUT2D eigenvalue weighted by Gasteiger charge is 2.11. The van der Waals surface area contributed by atoms with Gasteiger partial charge in [0.15, 0.2) is 5.13 Å². The number of nitrogens with zero attached hydrogens (tertiary/aromatic N) is 1. The summed E-state index contributed by atoms with van der Waals surface area (Å²) in [5.74, 6) is -0.108. The number of carbonyl (C=O) groups excluding carboxylic acids is 1. The molecule has 3 aromatic rings. The summed E-state index contributed by atoms with van der Waals surface area (Å²) in [6, 6.07) is 16.1. The fourth-order valence-corrected chi connectivity index (χ4v) is 3.32. The number of thiazole rings is 1. The van der Waals surface area contributed by atoms with E-state index in [0.29, 0.717) is 10.7 Å². The van der Waals surface area contributed by atoms with Crippen LogP contribution in [0.3, 0.4) is 0 Å². The Balaban J connectivity index is 1.70. The van der Waals surface area contributed by atoms with Crippen molar-refractivity contribution < 1.29 is 4.79 Å². The third-order valence-electron chi connectivity index (χ3n) is 3.62. The number of carbonyl (C=O) groups is 1. The van der Waals surface area contributed by atoms with Crippen molar-refractivity contribution in [1.29, 1.82) is 0 Å². The van der Waals surface area contributed by atoms with Crippen molar-refractivity contribution in [3.05, 3.63) is 81.9 Å². The van der Waals surface area contributed by atoms with Gasteiger partial charge in [0.2, 0.25) is 0 Å². The molecule has 0 unspecified atom stereocenters. The van der Waals surface area contributed by atoms with E-state index in [1.54, 1.807) is 0 Å². The molecular weight excluding hydrogens is 304 g/mol. The van der Waals surface area contributed by atoms with E-state index in [4.69, 9.17) is 0 Å². The van der Waals surface area contributed by atoms with Crippen LogP contribution < -0.4 is 5.32 Å². The van der Waals surface area contributed by atoms with Crippen molar-refractivity contribution in [2.45, 2.75) is 20.3 Å². The molecule has 0 aliphatic heterocycles. The molecular formula is C19H18N2OS. The van der Waals surface area contributed by atoms with Gasteiger partial charge in [0, 0.05) is 23.1 Å². The average Bonchev–Trinajstić information content (AvgIpc) is 2.95. The Hall–Kier alpha value is -2.46. The zero-order valence-corrected chi connectivity index (χ0v) is 14.0. The van der Waals surface area contributed by atoms with Gasteiger partial charge in [-0.3, -0.25) is 10.1 Å². The molecule has 1 amide bonds. The summed E-state index contributed by atoms with van der Waals surface area (Å²) in [6.45, 7) is 3.97. The van der Waals surface area contributed by atoms with E-state index >= 15 is 0 Å². The third-order valence-corrected chi connectivity index (χ3v) is 4.53. The van der Waals surface area contributed by atoms with Gasteiger partial charge < -0.3 is 0 Å². The highest BCUT2D eigenvalue weighted by molar-refractivity contribution is 7.15. The molecule has 116 valence electrons. The van der Waals surface area contributed by atoms with Gasteiger partial charge in [0.05, 0.1) is 0 Å². The van der Waals surface area contributed by atoms with E-state index in [-0.39, 0.29) is 5.91 Å². The number of rotatable bonds is 4. The molecule has 1 heterocycles. The number of hydrogen-bond acceptors (Lipinski definition) is 3. The van der Waals surface area contributed by atoms with Gasteiger partial charge in [0.1, 0.15) is 0 Å². The minimum Gasteiger partial charge on any atom is -0.298 e. The smallest absolute Gasteiger partial charge is 0.257 e. The summed E-state index contributed by atoms with van der Waals surface area (Å²) in [4.78, 5) is 17.8. The van der Waals surface area contributed by atoms with Crippen LogP contribution in [0.4, 0.5) is 5.13 Å². The number of amides is 1. The second-order valence-electron chi connectivity index (χ2n) is 5.57. The first kappa shape index (κ1) is 15.4. The number of nitrogens with one attached hydrogen (secondary N) is 1. The Labute approximate surface area is 140 Å². The number of anilines is 1. The van der Waals surface area contributed by atoms with Crippen molar-refractivity contribution >= 4 is 22.4 Å². The van der Waals surface area contributed by atoms with E-state index < -0.39 is 0 Å². The van der Waals surface area contributed by atoms with E-state index in [2.05, 4.69) is 22.4 Å². The summed E-state index contributed by atoms with van der Waals surface area (Å²) in [5, 5.41) is 3.53.